The molecule has 1 fully saturated rings. The van der Waals surface area contributed by atoms with Crippen molar-refractivity contribution >= 4 is 12.0 Å². The van der Waals surface area contributed by atoms with Gasteiger partial charge in [0.15, 0.2) is 0 Å². The summed E-state index contributed by atoms with van der Waals surface area (Å²) in [6.45, 7) is 3.29. The van der Waals surface area contributed by atoms with E-state index in [1.165, 1.54) is 0 Å². The molecule has 1 amide bonds. The van der Waals surface area contributed by atoms with Crippen LogP contribution in [0.15, 0.2) is 54.5 Å². The van der Waals surface area contributed by atoms with Crippen molar-refractivity contribution in [2.24, 2.45) is 0 Å². The summed E-state index contributed by atoms with van der Waals surface area (Å²) >= 11 is 0. The Morgan fingerprint density at radius 1 is 1.15 bits per heavy atom. The number of rotatable bonds is 5. The number of ether oxygens (including phenoxy) is 3. The van der Waals surface area contributed by atoms with Crippen LogP contribution in [0.2, 0.25) is 0 Å². The van der Waals surface area contributed by atoms with Crippen molar-refractivity contribution in [3.63, 3.8) is 0 Å². The van der Waals surface area contributed by atoms with E-state index >= 15 is 0 Å². The van der Waals surface area contributed by atoms with Crippen molar-refractivity contribution in [3.05, 3.63) is 71.3 Å². The van der Waals surface area contributed by atoms with Crippen LogP contribution in [0.4, 0.5) is 0 Å². The Morgan fingerprint density at radius 3 is 2.79 bits per heavy atom. The lowest BCUT2D eigenvalue weighted by Crippen LogP contribution is -2.41. The highest BCUT2D eigenvalue weighted by atomic mass is 16.5. The van der Waals surface area contributed by atoms with E-state index in [0.717, 1.165) is 71.1 Å². The minimum Gasteiger partial charge on any atom is -0.497 e. The molecule has 0 saturated carbocycles. The Bertz CT molecular complexity index is 1250. The number of methoxy groups -OCH3 is 2. The van der Waals surface area contributed by atoms with E-state index in [9.17, 15) is 4.79 Å². The summed E-state index contributed by atoms with van der Waals surface area (Å²) < 4.78 is 18.9. The Kier molecular flexibility index (Phi) is 6.01. The van der Waals surface area contributed by atoms with Crippen molar-refractivity contribution in [1.29, 1.82) is 0 Å². The lowest BCUT2D eigenvalue weighted by molar-refractivity contribution is -0.131. The van der Waals surface area contributed by atoms with E-state index in [2.05, 4.69) is 4.98 Å². The van der Waals surface area contributed by atoms with E-state index in [-0.39, 0.29) is 11.9 Å². The van der Waals surface area contributed by atoms with Crippen LogP contribution in [-0.2, 0) is 4.79 Å². The molecule has 0 aliphatic carbocycles. The SMILES string of the molecule is COc1ccc2c(c1)[C@H](N1CCCC(=Cc3ccc(-n4cnc(C)c4)c(OC)c3)C1=O)CCO2. The molecule has 2 aromatic carbocycles. The average Bonchev–Trinajstić information content (AvgIpc) is 3.30. The van der Waals surface area contributed by atoms with Crippen molar-refractivity contribution < 1.29 is 19.0 Å². The summed E-state index contributed by atoms with van der Waals surface area (Å²) in [6, 6.07) is 11.8. The number of benzene rings is 2. The van der Waals surface area contributed by atoms with Gasteiger partial charge >= 0.3 is 0 Å². The van der Waals surface area contributed by atoms with Gasteiger partial charge in [0.05, 0.1) is 44.6 Å². The van der Waals surface area contributed by atoms with Crippen LogP contribution in [0.1, 0.15) is 42.1 Å². The maximum atomic E-state index is 13.6. The number of amides is 1. The zero-order valence-electron chi connectivity index (χ0n) is 19.8. The largest absolute Gasteiger partial charge is 0.497 e. The van der Waals surface area contributed by atoms with Crippen molar-refractivity contribution in [1.82, 2.24) is 14.5 Å². The van der Waals surface area contributed by atoms with Crippen LogP contribution in [0.25, 0.3) is 11.8 Å². The highest BCUT2D eigenvalue weighted by molar-refractivity contribution is 5.99. The second kappa shape index (κ2) is 9.25. The van der Waals surface area contributed by atoms with E-state index in [1.807, 2.05) is 65.1 Å². The molecule has 0 N–H and O–H groups in total. The van der Waals surface area contributed by atoms with Crippen LogP contribution in [0, 0.1) is 6.92 Å². The number of hydrogen-bond acceptors (Lipinski definition) is 5. The lowest BCUT2D eigenvalue weighted by atomic mass is 9.93. The van der Waals surface area contributed by atoms with Crippen LogP contribution in [0.3, 0.4) is 0 Å². The van der Waals surface area contributed by atoms with Crippen molar-refractivity contribution in [3.8, 4) is 22.9 Å². The minimum absolute atomic E-state index is 0.0172. The van der Waals surface area contributed by atoms with Gasteiger partial charge in [0.2, 0.25) is 5.91 Å². The fourth-order valence-corrected chi connectivity index (χ4v) is 4.82. The van der Waals surface area contributed by atoms with E-state index in [4.69, 9.17) is 14.2 Å². The summed E-state index contributed by atoms with van der Waals surface area (Å²) in [5.74, 6) is 2.42. The lowest BCUT2D eigenvalue weighted by Gasteiger charge is -2.38. The molecule has 1 atom stereocenters. The Balaban J connectivity index is 1.43. The zero-order valence-corrected chi connectivity index (χ0v) is 19.8. The van der Waals surface area contributed by atoms with E-state index < -0.39 is 0 Å². The summed E-state index contributed by atoms with van der Waals surface area (Å²) in [4.78, 5) is 19.9. The molecular weight excluding hydrogens is 430 g/mol. The second-order valence-corrected chi connectivity index (χ2v) is 8.68. The van der Waals surface area contributed by atoms with Gasteiger partial charge in [0.25, 0.3) is 0 Å². The molecule has 0 spiro atoms. The molecule has 1 aromatic heterocycles. The van der Waals surface area contributed by atoms with Crippen LogP contribution in [-0.4, -0.2) is 47.7 Å². The van der Waals surface area contributed by atoms with Crippen LogP contribution < -0.4 is 14.2 Å². The number of aryl methyl sites for hydroxylation is 1. The first-order valence-corrected chi connectivity index (χ1v) is 11.6. The number of fused-ring (bicyclic) bond motifs is 1. The maximum absolute atomic E-state index is 13.6. The average molecular weight is 460 g/mol. The number of carbonyl (C=O) groups excluding carboxylic acids is 1. The first-order valence-electron chi connectivity index (χ1n) is 11.6. The van der Waals surface area contributed by atoms with Crippen molar-refractivity contribution in [2.75, 3.05) is 27.4 Å². The Morgan fingerprint density at radius 2 is 2.03 bits per heavy atom. The van der Waals surface area contributed by atoms with Gasteiger partial charge in [-0.3, -0.25) is 4.79 Å². The molecule has 2 aliphatic heterocycles. The Hall–Kier alpha value is -3.74. The number of piperidine rings is 1. The standard InChI is InChI=1S/C27H29N3O4/c1-18-16-29(17-28-18)24-8-6-19(14-26(24)33-3)13-20-5-4-11-30(27(20)31)23-10-12-34-25-9-7-21(32-2)15-22(23)25/h6-9,13-17,23H,4-5,10-12H2,1-3H3/t23-/m1/s1. The number of carbonyl (C=O) groups is 1. The van der Waals surface area contributed by atoms with Crippen LogP contribution >= 0.6 is 0 Å². The Labute approximate surface area is 199 Å². The molecule has 7 nitrogen and oxygen atoms in total. The minimum atomic E-state index is -0.0172. The normalized spacial score (nSPS) is 19.0. The van der Waals surface area contributed by atoms with Gasteiger partial charge in [-0.15, -0.1) is 0 Å². The van der Waals surface area contributed by atoms with Gasteiger partial charge in [0, 0.05) is 30.3 Å². The molecule has 5 rings (SSSR count). The summed E-state index contributed by atoms with van der Waals surface area (Å²) in [6.07, 6.45) is 8.18. The predicted molar refractivity (Wildman–Crippen MR) is 130 cm³/mol. The van der Waals surface area contributed by atoms with Gasteiger partial charge in [0.1, 0.15) is 17.2 Å². The van der Waals surface area contributed by atoms with Gasteiger partial charge in [-0.05, 0) is 61.7 Å². The summed E-state index contributed by atoms with van der Waals surface area (Å²) in [7, 11) is 3.31. The smallest absolute Gasteiger partial charge is 0.250 e. The molecule has 0 unspecified atom stereocenters. The predicted octanol–water partition coefficient (Wildman–Crippen LogP) is 4.73. The molecule has 3 heterocycles. The second-order valence-electron chi connectivity index (χ2n) is 8.68. The van der Waals surface area contributed by atoms with E-state index in [1.54, 1.807) is 20.5 Å². The molecule has 3 aromatic rings. The molecule has 0 bridgehead atoms. The number of aromatic nitrogens is 2. The molecule has 2 aliphatic rings. The maximum Gasteiger partial charge on any atom is 0.250 e. The monoisotopic (exact) mass is 459 g/mol. The third-order valence-corrected chi connectivity index (χ3v) is 6.52. The molecule has 0 radical (unpaired) electrons. The molecular formula is C27H29N3O4. The third kappa shape index (κ3) is 4.14. The van der Waals surface area contributed by atoms with Crippen LogP contribution in [0.5, 0.6) is 17.2 Å². The first kappa shape index (κ1) is 22.1. The number of imidazole rings is 1. The van der Waals surface area contributed by atoms with Gasteiger partial charge in [-0.25, -0.2) is 4.98 Å². The highest BCUT2D eigenvalue weighted by Crippen LogP contribution is 2.40. The molecule has 34 heavy (non-hydrogen) atoms. The summed E-state index contributed by atoms with van der Waals surface area (Å²) in [5.41, 5.74) is 4.62. The number of likely N-dealkylation sites (tertiary alicyclic amines) is 1. The quantitative estimate of drug-likeness (QED) is 0.516. The topological polar surface area (TPSA) is 65.8 Å². The first-order chi connectivity index (χ1) is 16.6. The van der Waals surface area contributed by atoms with Crippen molar-refractivity contribution in [2.45, 2.75) is 32.2 Å². The van der Waals surface area contributed by atoms with Gasteiger partial charge < -0.3 is 23.7 Å². The summed E-state index contributed by atoms with van der Waals surface area (Å²) in [5, 5.41) is 0. The van der Waals surface area contributed by atoms with Gasteiger partial charge in [-0.2, -0.15) is 0 Å². The highest BCUT2D eigenvalue weighted by Gasteiger charge is 2.34. The fourth-order valence-electron chi connectivity index (χ4n) is 4.82. The zero-order chi connectivity index (χ0) is 23.7. The van der Waals surface area contributed by atoms with E-state index in [0.29, 0.717) is 6.61 Å². The fraction of sp³-hybridized carbons (Fsp3) is 0.333. The number of hydrogen-bond donors (Lipinski definition) is 0. The molecule has 1 saturated heterocycles. The number of nitrogens with zero attached hydrogens (tertiary/aromatic N) is 3. The molecule has 176 valence electrons. The van der Waals surface area contributed by atoms with Gasteiger partial charge in [-0.1, -0.05) is 6.07 Å². The third-order valence-electron chi connectivity index (χ3n) is 6.52. The molecule has 7 heteroatoms.